The van der Waals surface area contributed by atoms with Crippen LogP contribution in [-0.4, -0.2) is 16.3 Å². The number of phenols is 1. The first-order chi connectivity index (χ1) is 14.6. The lowest BCUT2D eigenvalue weighted by Gasteiger charge is -2.04. The molecule has 1 heterocycles. The van der Waals surface area contributed by atoms with E-state index in [0.717, 1.165) is 27.6 Å². The number of nitrogens with zero attached hydrogens (tertiary/aromatic N) is 2. The van der Waals surface area contributed by atoms with Crippen molar-refractivity contribution in [2.45, 2.75) is 6.92 Å². The van der Waals surface area contributed by atoms with Gasteiger partial charge in [0.05, 0.1) is 5.69 Å². The fourth-order valence-corrected chi connectivity index (χ4v) is 3.73. The van der Waals surface area contributed by atoms with Gasteiger partial charge in [0.15, 0.2) is 5.58 Å². The SMILES string of the molecule is Cc1ccc(O)c(C=Nc2ccc3oc(-c4cccc5c(Cl)cccc45)nc3c2)c1. The molecule has 4 nitrogen and oxygen atoms in total. The van der Waals surface area contributed by atoms with E-state index in [1.807, 2.05) is 73.7 Å². The second-order valence-electron chi connectivity index (χ2n) is 7.13. The molecule has 0 aliphatic heterocycles. The molecule has 0 saturated carbocycles. The summed E-state index contributed by atoms with van der Waals surface area (Å²) in [5, 5.41) is 12.6. The average Bonchev–Trinajstić information content (AvgIpc) is 3.17. The van der Waals surface area contributed by atoms with Crippen LogP contribution in [0, 0.1) is 6.92 Å². The molecule has 0 unspecified atom stereocenters. The number of benzene rings is 4. The summed E-state index contributed by atoms with van der Waals surface area (Å²) in [6.45, 7) is 1.97. The predicted molar refractivity (Wildman–Crippen MR) is 122 cm³/mol. The second-order valence-corrected chi connectivity index (χ2v) is 7.54. The number of phenolic OH excluding ortho intramolecular Hbond substituents is 1. The summed E-state index contributed by atoms with van der Waals surface area (Å²) in [7, 11) is 0. The number of hydrogen-bond acceptors (Lipinski definition) is 4. The number of fused-ring (bicyclic) bond motifs is 2. The van der Waals surface area contributed by atoms with E-state index < -0.39 is 0 Å². The van der Waals surface area contributed by atoms with Crippen LogP contribution < -0.4 is 0 Å². The first-order valence-electron chi connectivity index (χ1n) is 9.50. The normalized spacial score (nSPS) is 11.7. The van der Waals surface area contributed by atoms with Crippen LogP contribution in [-0.2, 0) is 0 Å². The topological polar surface area (TPSA) is 58.6 Å². The summed E-state index contributed by atoms with van der Waals surface area (Å²) < 4.78 is 6.01. The molecule has 0 atom stereocenters. The molecule has 5 rings (SSSR count). The first-order valence-corrected chi connectivity index (χ1v) is 9.88. The average molecular weight is 413 g/mol. The summed E-state index contributed by atoms with van der Waals surface area (Å²) in [6.07, 6.45) is 1.65. The molecule has 4 aromatic carbocycles. The predicted octanol–water partition coefficient (Wildman–Crippen LogP) is 7.07. The zero-order chi connectivity index (χ0) is 20.7. The van der Waals surface area contributed by atoms with Crippen LogP contribution in [0.4, 0.5) is 5.69 Å². The lowest BCUT2D eigenvalue weighted by atomic mass is 10.0. The summed E-state index contributed by atoms with van der Waals surface area (Å²) in [5.41, 5.74) is 4.74. The summed E-state index contributed by atoms with van der Waals surface area (Å²) >= 11 is 6.34. The van der Waals surface area contributed by atoms with Crippen LogP contribution in [0.25, 0.3) is 33.3 Å². The number of oxazole rings is 1. The Balaban J connectivity index is 1.54. The standard InChI is InChI=1S/C25H17ClN2O2/c1-15-8-10-23(29)16(12-15)14-27-17-9-11-24-22(13-17)28-25(30-24)20-6-2-5-19-18(20)4-3-7-21(19)26/h2-14,29H,1H3. The van der Waals surface area contributed by atoms with Gasteiger partial charge in [-0.05, 0) is 54.8 Å². The molecule has 0 amide bonds. The van der Waals surface area contributed by atoms with Gasteiger partial charge in [0.1, 0.15) is 11.3 Å². The van der Waals surface area contributed by atoms with Gasteiger partial charge in [0, 0.05) is 27.8 Å². The molecule has 1 N–H and O–H groups in total. The summed E-state index contributed by atoms with van der Waals surface area (Å²) in [5.74, 6) is 0.735. The van der Waals surface area contributed by atoms with Gasteiger partial charge in [0.2, 0.25) is 5.89 Å². The Kier molecular flexibility index (Phi) is 4.49. The number of aromatic hydroxyl groups is 1. The van der Waals surface area contributed by atoms with Crippen molar-refractivity contribution >= 4 is 45.4 Å². The van der Waals surface area contributed by atoms with Crippen LogP contribution in [0.2, 0.25) is 5.02 Å². The minimum atomic E-state index is 0.198. The molecule has 5 aromatic rings. The largest absolute Gasteiger partial charge is 0.507 e. The van der Waals surface area contributed by atoms with E-state index in [2.05, 4.69) is 9.98 Å². The molecule has 146 valence electrons. The minimum absolute atomic E-state index is 0.198. The van der Waals surface area contributed by atoms with Crippen LogP contribution in [0.5, 0.6) is 5.75 Å². The third-order valence-electron chi connectivity index (χ3n) is 5.01. The maximum atomic E-state index is 9.99. The van der Waals surface area contributed by atoms with Crippen molar-refractivity contribution in [2.24, 2.45) is 4.99 Å². The zero-order valence-electron chi connectivity index (χ0n) is 16.1. The van der Waals surface area contributed by atoms with E-state index in [1.54, 1.807) is 12.3 Å². The Morgan fingerprint density at radius 2 is 1.80 bits per heavy atom. The van der Waals surface area contributed by atoms with Gasteiger partial charge < -0.3 is 9.52 Å². The summed E-state index contributed by atoms with van der Waals surface area (Å²) in [6, 6.07) is 22.7. The Bertz CT molecular complexity index is 1440. The molecule has 5 heteroatoms. The molecule has 30 heavy (non-hydrogen) atoms. The summed E-state index contributed by atoms with van der Waals surface area (Å²) in [4.78, 5) is 9.17. The number of aliphatic imine (C=N–C) groups is 1. The van der Waals surface area contributed by atoms with Crippen LogP contribution >= 0.6 is 11.6 Å². The Morgan fingerprint density at radius 1 is 0.967 bits per heavy atom. The number of hydrogen-bond donors (Lipinski definition) is 1. The van der Waals surface area contributed by atoms with E-state index in [-0.39, 0.29) is 5.75 Å². The van der Waals surface area contributed by atoms with Gasteiger partial charge in [-0.25, -0.2) is 4.98 Å². The van der Waals surface area contributed by atoms with Crippen LogP contribution in [0.3, 0.4) is 0 Å². The van der Waals surface area contributed by atoms with Gasteiger partial charge in [-0.3, -0.25) is 4.99 Å². The number of aryl methyl sites for hydroxylation is 1. The van der Waals surface area contributed by atoms with E-state index in [1.165, 1.54) is 0 Å². The van der Waals surface area contributed by atoms with Gasteiger partial charge >= 0.3 is 0 Å². The minimum Gasteiger partial charge on any atom is -0.507 e. The molecular weight excluding hydrogens is 396 g/mol. The fraction of sp³-hybridized carbons (Fsp3) is 0.0400. The van der Waals surface area contributed by atoms with Crippen LogP contribution in [0.15, 0.2) is 82.2 Å². The number of rotatable bonds is 3. The van der Waals surface area contributed by atoms with Gasteiger partial charge in [-0.1, -0.05) is 47.5 Å². The highest BCUT2D eigenvalue weighted by Gasteiger charge is 2.12. The molecule has 0 aliphatic rings. The van der Waals surface area contributed by atoms with Crippen molar-refractivity contribution in [1.29, 1.82) is 0 Å². The zero-order valence-corrected chi connectivity index (χ0v) is 16.9. The number of halogens is 1. The van der Waals surface area contributed by atoms with Crippen molar-refractivity contribution in [1.82, 2.24) is 4.98 Å². The van der Waals surface area contributed by atoms with E-state index in [9.17, 15) is 5.11 Å². The maximum absolute atomic E-state index is 9.99. The van der Waals surface area contributed by atoms with Gasteiger partial charge in [-0.2, -0.15) is 0 Å². The third-order valence-corrected chi connectivity index (χ3v) is 5.34. The lowest BCUT2D eigenvalue weighted by Crippen LogP contribution is -1.84. The highest BCUT2D eigenvalue weighted by molar-refractivity contribution is 6.35. The van der Waals surface area contributed by atoms with Crippen molar-refractivity contribution in [3.8, 4) is 17.2 Å². The Hall–Kier alpha value is -3.63. The molecule has 0 fully saturated rings. The van der Waals surface area contributed by atoms with E-state index in [0.29, 0.717) is 27.6 Å². The second kappa shape index (κ2) is 7.32. The van der Waals surface area contributed by atoms with Crippen LogP contribution in [0.1, 0.15) is 11.1 Å². The van der Waals surface area contributed by atoms with E-state index in [4.69, 9.17) is 16.0 Å². The van der Waals surface area contributed by atoms with Crippen molar-refractivity contribution < 1.29 is 9.52 Å². The van der Waals surface area contributed by atoms with E-state index >= 15 is 0 Å². The fourth-order valence-electron chi connectivity index (χ4n) is 3.49. The lowest BCUT2D eigenvalue weighted by molar-refractivity contribution is 0.474. The van der Waals surface area contributed by atoms with Crippen molar-refractivity contribution in [2.75, 3.05) is 0 Å². The van der Waals surface area contributed by atoms with Gasteiger partial charge in [-0.15, -0.1) is 0 Å². The van der Waals surface area contributed by atoms with Crippen molar-refractivity contribution in [3.05, 3.63) is 88.9 Å². The maximum Gasteiger partial charge on any atom is 0.227 e. The quantitative estimate of drug-likeness (QED) is 0.322. The molecule has 0 saturated heterocycles. The van der Waals surface area contributed by atoms with Crippen molar-refractivity contribution in [3.63, 3.8) is 0 Å². The smallest absolute Gasteiger partial charge is 0.227 e. The molecule has 0 spiro atoms. The highest BCUT2D eigenvalue weighted by Crippen LogP contribution is 2.34. The number of aromatic nitrogens is 1. The molecule has 0 radical (unpaired) electrons. The molecule has 1 aromatic heterocycles. The molecular formula is C25H17ClN2O2. The Labute approximate surface area is 178 Å². The molecule has 0 bridgehead atoms. The first kappa shape index (κ1) is 18.4. The highest BCUT2D eigenvalue weighted by atomic mass is 35.5. The monoisotopic (exact) mass is 412 g/mol. The third kappa shape index (κ3) is 3.31. The molecule has 0 aliphatic carbocycles. The Morgan fingerprint density at radius 3 is 2.70 bits per heavy atom. The van der Waals surface area contributed by atoms with Gasteiger partial charge in [0.25, 0.3) is 0 Å².